The van der Waals surface area contributed by atoms with Gasteiger partial charge in [0.25, 0.3) is 0 Å². The first-order chi connectivity index (χ1) is 8.36. The van der Waals surface area contributed by atoms with Gasteiger partial charge in [-0.1, -0.05) is 48.6 Å². The predicted octanol–water partition coefficient (Wildman–Crippen LogP) is 2.88. The number of hydrogen-bond acceptors (Lipinski definition) is 2. The molecule has 17 heavy (non-hydrogen) atoms. The van der Waals surface area contributed by atoms with E-state index in [9.17, 15) is 0 Å². The van der Waals surface area contributed by atoms with Crippen molar-refractivity contribution >= 4 is 33.8 Å². The summed E-state index contributed by atoms with van der Waals surface area (Å²) in [6, 6.07) is 12.7. The van der Waals surface area contributed by atoms with Gasteiger partial charge in [-0.3, -0.25) is 4.99 Å². The predicted molar refractivity (Wildman–Crippen MR) is 71.9 cm³/mol. The van der Waals surface area contributed by atoms with Gasteiger partial charge in [0.05, 0.1) is 6.54 Å². The van der Waals surface area contributed by atoms with Crippen LogP contribution in [0.3, 0.4) is 0 Å². The Morgan fingerprint density at radius 3 is 2.65 bits per heavy atom. The van der Waals surface area contributed by atoms with E-state index in [0.29, 0.717) is 0 Å². The molecule has 1 aliphatic rings. The van der Waals surface area contributed by atoms with Crippen molar-refractivity contribution in [2.24, 2.45) is 4.99 Å². The Bertz CT molecular complexity index is 856. The molecule has 3 heteroatoms. The lowest BCUT2D eigenvalue weighted by Crippen LogP contribution is -2.17. The number of rotatable bonds is 0. The van der Waals surface area contributed by atoms with E-state index in [1.165, 1.54) is 21.5 Å². The van der Waals surface area contributed by atoms with Crippen LogP contribution in [0.1, 0.15) is 0 Å². The molecule has 2 heterocycles. The fraction of sp³-hybridized carbons (Fsp3) is 0.143. The maximum Gasteiger partial charge on any atom is 0.136 e. The molecular weight excluding hydrogens is 228 g/mol. The van der Waals surface area contributed by atoms with Crippen molar-refractivity contribution in [1.82, 2.24) is 4.57 Å². The van der Waals surface area contributed by atoms with Gasteiger partial charge in [0.2, 0.25) is 0 Å². The van der Waals surface area contributed by atoms with Gasteiger partial charge in [0.1, 0.15) is 10.1 Å². The van der Waals surface area contributed by atoms with E-state index in [1.807, 2.05) is 0 Å². The largest absolute Gasteiger partial charge is 0.315 e. The standard InChI is InChI=1S/C14H10N2S/c17-14-11-6-2-4-9-3-1-5-10(12(9)11)13-15-7-8-16(13)14/h1-6H,7-8H2. The van der Waals surface area contributed by atoms with E-state index in [0.717, 1.165) is 23.2 Å². The van der Waals surface area contributed by atoms with Crippen molar-refractivity contribution in [2.45, 2.75) is 6.54 Å². The minimum atomic E-state index is 0.847. The summed E-state index contributed by atoms with van der Waals surface area (Å²) in [7, 11) is 0. The first kappa shape index (κ1) is 9.31. The van der Waals surface area contributed by atoms with E-state index in [1.54, 1.807) is 0 Å². The Labute approximate surface area is 103 Å². The molecule has 1 aromatic heterocycles. The third-order valence-corrected chi connectivity index (χ3v) is 3.90. The molecule has 0 amide bonds. The Kier molecular flexibility index (Phi) is 1.72. The summed E-state index contributed by atoms with van der Waals surface area (Å²) in [6.45, 7) is 1.76. The number of pyridine rings is 1. The molecule has 2 nitrogen and oxygen atoms in total. The van der Waals surface area contributed by atoms with Gasteiger partial charge < -0.3 is 4.57 Å². The zero-order valence-electron chi connectivity index (χ0n) is 9.18. The van der Waals surface area contributed by atoms with Crippen molar-refractivity contribution in [1.29, 1.82) is 0 Å². The summed E-state index contributed by atoms with van der Waals surface area (Å²) >= 11 is 5.58. The van der Waals surface area contributed by atoms with Crippen LogP contribution in [0.5, 0.6) is 0 Å². The molecule has 1 aliphatic heterocycles. The van der Waals surface area contributed by atoms with Gasteiger partial charge in [-0.25, -0.2) is 0 Å². The number of aromatic nitrogens is 1. The highest BCUT2D eigenvalue weighted by Gasteiger charge is 2.12. The van der Waals surface area contributed by atoms with Crippen molar-refractivity contribution in [3.05, 3.63) is 46.5 Å². The van der Waals surface area contributed by atoms with Crippen molar-refractivity contribution in [2.75, 3.05) is 6.54 Å². The average Bonchev–Trinajstić information content (AvgIpc) is 2.85. The molecular formula is C14H10N2S. The molecule has 0 atom stereocenters. The Morgan fingerprint density at radius 2 is 1.82 bits per heavy atom. The summed E-state index contributed by atoms with van der Waals surface area (Å²) in [5.74, 6) is 0. The maximum atomic E-state index is 5.58. The molecule has 0 fully saturated rings. The Balaban J connectivity index is 2.50. The van der Waals surface area contributed by atoms with E-state index in [2.05, 4.69) is 46.0 Å². The lowest BCUT2D eigenvalue weighted by atomic mass is 10.0. The smallest absolute Gasteiger partial charge is 0.136 e. The zero-order valence-corrected chi connectivity index (χ0v) is 10.00. The number of fused-ring (bicyclic) bond motifs is 2. The highest BCUT2D eigenvalue weighted by molar-refractivity contribution is 7.71. The van der Waals surface area contributed by atoms with Crippen LogP contribution in [0.15, 0.2) is 41.4 Å². The van der Waals surface area contributed by atoms with Crippen molar-refractivity contribution in [3.63, 3.8) is 0 Å². The van der Waals surface area contributed by atoms with Crippen LogP contribution in [0.2, 0.25) is 0 Å². The van der Waals surface area contributed by atoms with E-state index in [-0.39, 0.29) is 0 Å². The first-order valence-corrected chi connectivity index (χ1v) is 6.15. The van der Waals surface area contributed by atoms with E-state index in [4.69, 9.17) is 12.2 Å². The summed E-state index contributed by atoms with van der Waals surface area (Å²) < 4.78 is 3.08. The van der Waals surface area contributed by atoms with Crippen LogP contribution < -0.4 is 5.49 Å². The molecule has 0 unspecified atom stereocenters. The third kappa shape index (κ3) is 1.09. The molecule has 82 valence electrons. The number of nitrogens with zero attached hydrogens (tertiary/aromatic N) is 2. The van der Waals surface area contributed by atoms with Crippen LogP contribution in [0.25, 0.3) is 21.5 Å². The Hall–Kier alpha value is -1.74. The average molecular weight is 238 g/mol. The Morgan fingerprint density at radius 1 is 1.06 bits per heavy atom. The topological polar surface area (TPSA) is 17.3 Å². The summed E-state index contributed by atoms with van der Waals surface area (Å²) in [5.41, 5.74) is 1.05. The minimum Gasteiger partial charge on any atom is -0.315 e. The van der Waals surface area contributed by atoms with E-state index < -0.39 is 0 Å². The normalized spacial score (nSPS) is 14.1. The second-order valence-corrected chi connectivity index (χ2v) is 4.76. The van der Waals surface area contributed by atoms with Crippen LogP contribution in [0.4, 0.5) is 0 Å². The lowest BCUT2D eigenvalue weighted by molar-refractivity contribution is 0.754. The first-order valence-electron chi connectivity index (χ1n) is 5.75. The van der Waals surface area contributed by atoms with Crippen LogP contribution in [0, 0.1) is 4.64 Å². The highest BCUT2D eigenvalue weighted by Crippen LogP contribution is 2.25. The summed E-state index contributed by atoms with van der Waals surface area (Å²) in [5, 5.41) is 4.91. The summed E-state index contributed by atoms with van der Waals surface area (Å²) in [6.07, 6.45) is 0. The van der Waals surface area contributed by atoms with Gasteiger partial charge >= 0.3 is 0 Å². The molecule has 3 aromatic rings. The molecule has 4 rings (SSSR count). The minimum absolute atomic E-state index is 0.847. The fourth-order valence-electron chi connectivity index (χ4n) is 2.73. The second-order valence-electron chi connectivity index (χ2n) is 4.37. The zero-order chi connectivity index (χ0) is 11.4. The molecule has 2 aromatic carbocycles. The monoisotopic (exact) mass is 238 g/mol. The molecule has 0 N–H and O–H groups in total. The van der Waals surface area contributed by atoms with Crippen molar-refractivity contribution in [3.8, 4) is 0 Å². The maximum absolute atomic E-state index is 5.58. The highest BCUT2D eigenvalue weighted by atomic mass is 32.1. The molecule has 0 saturated carbocycles. The van der Waals surface area contributed by atoms with Gasteiger partial charge in [-0.05, 0) is 5.39 Å². The summed E-state index contributed by atoms with van der Waals surface area (Å²) in [4.78, 5) is 4.59. The van der Waals surface area contributed by atoms with E-state index >= 15 is 0 Å². The van der Waals surface area contributed by atoms with Gasteiger partial charge in [0.15, 0.2) is 0 Å². The molecule has 0 spiro atoms. The van der Waals surface area contributed by atoms with Gasteiger partial charge in [-0.15, -0.1) is 0 Å². The van der Waals surface area contributed by atoms with Crippen LogP contribution in [-0.4, -0.2) is 11.1 Å². The third-order valence-electron chi connectivity index (χ3n) is 3.46. The second kappa shape index (κ2) is 3.14. The SMILES string of the molecule is S=c1c2cccc3cccc(c4n1CCN=4)c32. The molecule has 0 aliphatic carbocycles. The van der Waals surface area contributed by atoms with Gasteiger partial charge in [0, 0.05) is 22.7 Å². The van der Waals surface area contributed by atoms with Crippen LogP contribution >= 0.6 is 12.2 Å². The quantitative estimate of drug-likeness (QED) is 0.550. The fourth-order valence-corrected chi connectivity index (χ4v) is 3.07. The van der Waals surface area contributed by atoms with Crippen molar-refractivity contribution < 1.29 is 0 Å². The molecule has 0 bridgehead atoms. The number of benzene rings is 2. The molecule has 0 saturated heterocycles. The molecule has 0 radical (unpaired) electrons. The lowest BCUT2D eigenvalue weighted by Gasteiger charge is -2.09. The van der Waals surface area contributed by atoms with Crippen LogP contribution in [-0.2, 0) is 6.54 Å². The van der Waals surface area contributed by atoms with Gasteiger partial charge in [-0.2, -0.15) is 0 Å². The number of hydrogen-bond donors (Lipinski definition) is 0.